The van der Waals surface area contributed by atoms with Crippen LogP contribution in [0, 0.1) is 0 Å². The number of hydrazone groups is 1. The summed E-state index contributed by atoms with van der Waals surface area (Å²) in [4.78, 5) is 0.0121. The molecule has 1 aliphatic rings. The standard InChI is InChI=1S/C25H24Cl2N4O3S2/c1-35(32)16-15-28-25(30-36(33,34)22-13-9-20(27)10-14-22)23-17-24(18-5-3-2-4-6-18)31(29-23)21-11-7-19(26)8-12-21/h2-14,24H,15-17H2,1H3,(H,28,30)/t24-,35?/m1/s1. The Hall–Kier alpha value is -2.56. The molecule has 0 radical (unpaired) electrons. The van der Waals surface area contributed by atoms with Crippen molar-refractivity contribution in [1.82, 2.24) is 5.32 Å². The van der Waals surface area contributed by atoms with Crippen LogP contribution >= 0.6 is 23.2 Å². The molecule has 0 amide bonds. The Balaban J connectivity index is 1.75. The topological polar surface area (TPSA) is 97.2 Å². The fourth-order valence-corrected chi connectivity index (χ4v) is 5.34. The molecule has 0 aromatic heterocycles. The van der Waals surface area contributed by atoms with Crippen LogP contribution in [-0.2, 0) is 21.2 Å². The first-order valence-corrected chi connectivity index (χ1v) is 15.0. The van der Waals surface area contributed by atoms with Crippen LogP contribution in [0.15, 0.2) is 93.3 Å². The number of halogens is 2. The lowest BCUT2D eigenvalue weighted by molar-refractivity contribution is 0.598. The second-order valence-electron chi connectivity index (χ2n) is 8.07. The van der Waals surface area contributed by atoms with Crippen LogP contribution in [-0.4, -0.2) is 43.1 Å². The zero-order chi connectivity index (χ0) is 25.7. The first-order valence-electron chi connectivity index (χ1n) is 11.0. The summed E-state index contributed by atoms with van der Waals surface area (Å²) in [6, 6.07) is 22.7. The first-order chi connectivity index (χ1) is 17.2. The summed E-state index contributed by atoms with van der Waals surface area (Å²) in [7, 11) is -4.06. The Morgan fingerprint density at radius 3 is 2.28 bits per heavy atom. The van der Waals surface area contributed by atoms with Crippen molar-refractivity contribution in [3.05, 3.63) is 94.5 Å². The van der Waals surface area contributed by atoms with Gasteiger partial charge in [-0.1, -0.05) is 64.7 Å². The second-order valence-corrected chi connectivity index (χ2v) is 12.1. The van der Waals surface area contributed by atoms with Gasteiger partial charge in [0.05, 0.1) is 29.4 Å². The van der Waals surface area contributed by atoms with Crippen LogP contribution in [0.5, 0.6) is 0 Å². The fraction of sp³-hybridized carbons (Fsp3) is 0.200. The summed E-state index contributed by atoms with van der Waals surface area (Å²) in [6.45, 7) is 0.272. The van der Waals surface area contributed by atoms with Crippen molar-refractivity contribution in [1.29, 1.82) is 0 Å². The molecule has 0 spiro atoms. The van der Waals surface area contributed by atoms with Gasteiger partial charge in [0.25, 0.3) is 10.0 Å². The molecular weight excluding hydrogens is 539 g/mol. The van der Waals surface area contributed by atoms with E-state index in [9.17, 15) is 13.0 Å². The highest BCUT2D eigenvalue weighted by Gasteiger charge is 2.32. The van der Waals surface area contributed by atoms with Gasteiger partial charge in [0, 0.05) is 16.5 Å². The van der Waals surface area contributed by atoms with Gasteiger partial charge in [0.15, 0.2) is 5.84 Å². The maximum Gasteiger partial charge on any atom is 0.284 e. The minimum absolute atomic E-state index is 0.0121. The van der Waals surface area contributed by atoms with Crippen molar-refractivity contribution in [2.75, 3.05) is 23.6 Å². The second kappa shape index (κ2) is 11.7. The average molecular weight is 564 g/mol. The molecule has 0 saturated carbocycles. The molecule has 1 unspecified atom stereocenters. The van der Waals surface area contributed by atoms with Crippen LogP contribution in [0.3, 0.4) is 0 Å². The molecule has 7 nitrogen and oxygen atoms in total. The summed E-state index contributed by atoms with van der Waals surface area (Å²) in [5, 5.41) is 10.7. The Morgan fingerprint density at radius 1 is 1.06 bits per heavy atom. The van der Waals surface area contributed by atoms with Crippen LogP contribution in [0.2, 0.25) is 10.0 Å². The normalized spacial score (nSPS) is 17.1. The molecule has 3 aromatic rings. The van der Waals surface area contributed by atoms with E-state index in [0.29, 0.717) is 27.9 Å². The highest BCUT2D eigenvalue weighted by Crippen LogP contribution is 2.36. The number of nitrogens with one attached hydrogen (secondary N) is 1. The summed E-state index contributed by atoms with van der Waals surface area (Å²) >= 11 is 10.9. The predicted octanol–water partition coefficient (Wildman–Crippen LogP) is 5.06. The van der Waals surface area contributed by atoms with Crippen molar-refractivity contribution in [2.45, 2.75) is 17.4 Å². The van der Waals surface area contributed by atoms with Gasteiger partial charge in [-0.3, -0.25) is 5.01 Å². The predicted molar refractivity (Wildman–Crippen MR) is 148 cm³/mol. The minimum atomic E-state index is -4.06. The van der Waals surface area contributed by atoms with E-state index < -0.39 is 21.2 Å². The van der Waals surface area contributed by atoms with Crippen molar-refractivity contribution in [2.24, 2.45) is 9.50 Å². The number of sulfonamides is 1. The monoisotopic (exact) mass is 562 g/mol. The molecule has 188 valence electrons. The molecule has 0 fully saturated rings. The van der Waals surface area contributed by atoms with Gasteiger partial charge >= 0.3 is 0 Å². The van der Waals surface area contributed by atoms with Crippen LogP contribution in [0.4, 0.5) is 5.69 Å². The SMILES string of the molecule is C[S+]([O-])CCN/C(=N\S(=O)(=O)c1ccc(Cl)cc1)C1=NN(c2ccc(Cl)cc2)[C@@H](c2ccccc2)C1. The van der Waals surface area contributed by atoms with Crippen LogP contribution < -0.4 is 10.3 Å². The van der Waals surface area contributed by atoms with Crippen molar-refractivity contribution >= 4 is 61.6 Å². The van der Waals surface area contributed by atoms with Gasteiger partial charge in [-0.15, -0.1) is 4.40 Å². The van der Waals surface area contributed by atoms with Crippen molar-refractivity contribution in [3.63, 3.8) is 0 Å². The van der Waals surface area contributed by atoms with Crippen molar-refractivity contribution < 1.29 is 13.0 Å². The zero-order valence-corrected chi connectivity index (χ0v) is 22.5. The van der Waals surface area contributed by atoms with E-state index in [0.717, 1.165) is 11.3 Å². The van der Waals surface area contributed by atoms with Gasteiger partial charge < -0.3 is 9.87 Å². The average Bonchev–Trinajstić information content (AvgIpc) is 3.30. The van der Waals surface area contributed by atoms with E-state index in [2.05, 4.69) is 9.71 Å². The van der Waals surface area contributed by atoms with Gasteiger partial charge in [-0.2, -0.15) is 13.5 Å². The molecular formula is C25H24Cl2N4O3S2. The van der Waals surface area contributed by atoms with Gasteiger partial charge in [0.2, 0.25) is 0 Å². The van der Waals surface area contributed by atoms with Crippen molar-refractivity contribution in [3.8, 4) is 0 Å². The molecule has 2 atom stereocenters. The summed E-state index contributed by atoms with van der Waals surface area (Å²) in [5.74, 6) is 0.448. The largest absolute Gasteiger partial charge is 0.617 e. The van der Waals surface area contributed by atoms with Gasteiger partial charge in [-0.05, 0) is 54.1 Å². The molecule has 3 aromatic carbocycles. The lowest BCUT2D eigenvalue weighted by Crippen LogP contribution is -2.35. The lowest BCUT2D eigenvalue weighted by atomic mass is 10.0. The maximum atomic E-state index is 13.1. The number of anilines is 1. The van der Waals surface area contributed by atoms with Gasteiger partial charge in [-0.25, -0.2) is 0 Å². The third-order valence-corrected chi connectivity index (χ3v) is 8.04. The Labute approximate surface area is 224 Å². The molecule has 1 aliphatic heterocycles. The highest BCUT2D eigenvalue weighted by atomic mass is 35.5. The number of hydrogen-bond donors (Lipinski definition) is 1. The summed E-state index contributed by atoms with van der Waals surface area (Å²) in [5.41, 5.74) is 2.29. The Morgan fingerprint density at radius 2 is 1.67 bits per heavy atom. The smallest absolute Gasteiger partial charge is 0.284 e. The quantitative estimate of drug-likeness (QED) is 0.235. The molecule has 36 heavy (non-hydrogen) atoms. The molecule has 4 rings (SSSR count). The minimum Gasteiger partial charge on any atom is -0.617 e. The number of hydrogen-bond acceptors (Lipinski definition) is 5. The first kappa shape index (κ1) is 26.5. The van der Waals surface area contributed by atoms with Crippen LogP contribution in [0.25, 0.3) is 0 Å². The molecule has 11 heteroatoms. The molecule has 1 heterocycles. The van der Waals surface area contributed by atoms with Gasteiger partial charge in [0.1, 0.15) is 11.5 Å². The number of nitrogens with zero attached hydrogens (tertiary/aromatic N) is 3. The Bertz CT molecular complexity index is 1350. The lowest BCUT2D eigenvalue weighted by Gasteiger charge is -2.24. The molecule has 0 saturated heterocycles. The maximum absolute atomic E-state index is 13.1. The molecule has 0 bridgehead atoms. The van der Waals surface area contributed by atoms with E-state index in [-0.39, 0.29) is 23.3 Å². The number of amidine groups is 1. The number of benzene rings is 3. The molecule has 1 N–H and O–H groups in total. The summed E-state index contributed by atoms with van der Waals surface area (Å²) in [6.07, 6.45) is 1.99. The fourth-order valence-electron chi connectivity index (χ4n) is 3.70. The summed E-state index contributed by atoms with van der Waals surface area (Å²) < 4.78 is 42.0. The molecule has 0 aliphatic carbocycles. The third kappa shape index (κ3) is 6.60. The van der Waals surface area contributed by atoms with E-state index in [1.807, 2.05) is 47.5 Å². The highest BCUT2D eigenvalue weighted by molar-refractivity contribution is 7.90. The van der Waals surface area contributed by atoms with E-state index in [1.165, 1.54) is 24.3 Å². The third-order valence-electron chi connectivity index (χ3n) is 5.46. The Kier molecular flexibility index (Phi) is 8.58. The van der Waals surface area contributed by atoms with E-state index in [1.54, 1.807) is 18.4 Å². The zero-order valence-electron chi connectivity index (χ0n) is 19.3. The van der Waals surface area contributed by atoms with E-state index >= 15 is 0 Å². The van der Waals surface area contributed by atoms with Crippen LogP contribution in [0.1, 0.15) is 18.0 Å². The number of rotatable bonds is 8. The van der Waals surface area contributed by atoms with E-state index in [4.69, 9.17) is 28.3 Å².